The first-order valence-corrected chi connectivity index (χ1v) is 6.51. The fourth-order valence-corrected chi connectivity index (χ4v) is 2.09. The molecule has 0 unspecified atom stereocenters. The van der Waals surface area contributed by atoms with Crippen LogP contribution >= 0.6 is 0 Å². The van der Waals surface area contributed by atoms with Gasteiger partial charge in [-0.3, -0.25) is 4.79 Å². The van der Waals surface area contributed by atoms with Crippen molar-refractivity contribution in [2.24, 2.45) is 0 Å². The van der Waals surface area contributed by atoms with Crippen LogP contribution in [0.1, 0.15) is 17.0 Å². The van der Waals surface area contributed by atoms with Crippen LogP contribution in [0, 0.1) is 13.8 Å². The van der Waals surface area contributed by atoms with Crippen LogP contribution in [0.4, 0.5) is 5.69 Å². The molecule has 0 aliphatic heterocycles. The van der Waals surface area contributed by atoms with Crippen molar-refractivity contribution in [2.45, 2.75) is 20.3 Å². The normalized spacial score (nSPS) is 10.3. The zero-order valence-electron chi connectivity index (χ0n) is 11.8. The van der Waals surface area contributed by atoms with Crippen LogP contribution in [0.5, 0.6) is 0 Å². The molecule has 4 nitrogen and oxygen atoms in total. The lowest BCUT2D eigenvalue weighted by atomic mass is 10.1. The summed E-state index contributed by atoms with van der Waals surface area (Å²) in [7, 11) is 0. The van der Waals surface area contributed by atoms with Gasteiger partial charge in [-0.15, -0.1) is 6.58 Å². The number of hydrogen-bond donors (Lipinski definition) is 0. The van der Waals surface area contributed by atoms with E-state index in [4.69, 9.17) is 4.52 Å². The minimum atomic E-state index is 0.00509. The Balaban J connectivity index is 2.22. The van der Waals surface area contributed by atoms with Crippen LogP contribution in [-0.4, -0.2) is 17.6 Å². The molecular weight excluding hydrogens is 252 g/mol. The van der Waals surface area contributed by atoms with Gasteiger partial charge in [-0.1, -0.05) is 29.4 Å². The number of rotatable bonds is 5. The Morgan fingerprint density at radius 1 is 1.35 bits per heavy atom. The molecule has 0 N–H and O–H groups in total. The van der Waals surface area contributed by atoms with E-state index < -0.39 is 0 Å². The highest BCUT2D eigenvalue weighted by Crippen LogP contribution is 2.18. The van der Waals surface area contributed by atoms with Gasteiger partial charge in [-0.25, -0.2) is 0 Å². The summed E-state index contributed by atoms with van der Waals surface area (Å²) in [4.78, 5) is 14.2. The second kappa shape index (κ2) is 6.19. The minimum absolute atomic E-state index is 0.00509. The van der Waals surface area contributed by atoms with Crippen molar-refractivity contribution >= 4 is 11.6 Å². The van der Waals surface area contributed by atoms with Crippen LogP contribution in [0.15, 0.2) is 47.5 Å². The van der Waals surface area contributed by atoms with E-state index in [9.17, 15) is 4.79 Å². The Morgan fingerprint density at radius 3 is 2.60 bits per heavy atom. The fraction of sp³-hybridized carbons (Fsp3) is 0.250. The minimum Gasteiger partial charge on any atom is -0.361 e. The summed E-state index contributed by atoms with van der Waals surface area (Å²) in [6.45, 7) is 7.86. The molecule has 20 heavy (non-hydrogen) atoms. The van der Waals surface area contributed by atoms with Crippen LogP contribution in [-0.2, 0) is 11.2 Å². The Bertz CT molecular complexity index is 583. The predicted molar refractivity (Wildman–Crippen MR) is 78.7 cm³/mol. The molecule has 2 rings (SSSR count). The second-order valence-corrected chi connectivity index (χ2v) is 4.61. The van der Waals surface area contributed by atoms with Gasteiger partial charge in [-0.05, 0) is 26.0 Å². The summed E-state index contributed by atoms with van der Waals surface area (Å²) in [6.07, 6.45) is 2.00. The number of amides is 1. The molecule has 1 amide bonds. The van der Waals surface area contributed by atoms with Crippen LogP contribution in [0.2, 0.25) is 0 Å². The van der Waals surface area contributed by atoms with Gasteiger partial charge in [0.2, 0.25) is 5.91 Å². The van der Waals surface area contributed by atoms with Gasteiger partial charge in [0.05, 0.1) is 12.1 Å². The molecule has 4 heteroatoms. The second-order valence-electron chi connectivity index (χ2n) is 4.61. The van der Waals surface area contributed by atoms with E-state index in [1.54, 1.807) is 11.0 Å². The van der Waals surface area contributed by atoms with Gasteiger partial charge in [0.15, 0.2) is 0 Å². The first kappa shape index (κ1) is 14.1. The number of benzene rings is 1. The molecule has 1 heterocycles. The van der Waals surface area contributed by atoms with Gasteiger partial charge in [-0.2, -0.15) is 0 Å². The Hall–Kier alpha value is -2.36. The maximum atomic E-state index is 12.5. The first-order chi connectivity index (χ1) is 9.63. The third kappa shape index (κ3) is 2.96. The SMILES string of the molecule is C=CCN(C(=O)Cc1c(C)noc1C)c1ccccc1. The average molecular weight is 270 g/mol. The van der Waals surface area contributed by atoms with Crippen molar-refractivity contribution in [3.8, 4) is 0 Å². The monoisotopic (exact) mass is 270 g/mol. The van der Waals surface area contributed by atoms with Gasteiger partial charge in [0.1, 0.15) is 5.76 Å². The summed E-state index contributed by atoms with van der Waals surface area (Å²) >= 11 is 0. The van der Waals surface area contributed by atoms with Crippen molar-refractivity contribution in [3.05, 3.63) is 60.0 Å². The van der Waals surface area contributed by atoms with Crippen molar-refractivity contribution in [3.63, 3.8) is 0 Å². The van der Waals surface area contributed by atoms with Crippen molar-refractivity contribution in [2.75, 3.05) is 11.4 Å². The predicted octanol–water partition coefficient (Wildman–Crippen LogP) is 3.05. The lowest BCUT2D eigenvalue weighted by Gasteiger charge is -2.21. The van der Waals surface area contributed by atoms with E-state index in [1.165, 1.54) is 0 Å². The number of nitrogens with zero attached hydrogens (tertiary/aromatic N) is 2. The topological polar surface area (TPSA) is 46.3 Å². The third-order valence-electron chi connectivity index (χ3n) is 3.19. The molecule has 0 aliphatic carbocycles. The molecule has 104 valence electrons. The fourth-order valence-electron chi connectivity index (χ4n) is 2.09. The number of para-hydroxylation sites is 1. The molecule has 0 bridgehead atoms. The van der Waals surface area contributed by atoms with Crippen LogP contribution in [0.3, 0.4) is 0 Å². The van der Waals surface area contributed by atoms with Crippen molar-refractivity contribution < 1.29 is 9.32 Å². The molecule has 1 aromatic carbocycles. The number of carbonyl (C=O) groups excluding carboxylic acids is 1. The molecule has 0 saturated carbocycles. The van der Waals surface area contributed by atoms with E-state index in [0.29, 0.717) is 12.3 Å². The third-order valence-corrected chi connectivity index (χ3v) is 3.19. The highest BCUT2D eigenvalue weighted by molar-refractivity contribution is 5.95. The summed E-state index contributed by atoms with van der Waals surface area (Å²) in [6, 6.07) is 9.57. The van der Waals surface area contributed by atoms with Gasteiger partial charge < -0.3 is 9.42 Å². The van der Waals surface area contributed by atoms with E-state index in [1.807, 2.05) is 44.2 Å². The number of aryl methyl sites for hydroxylation is 2. The lowest BCUT2D eigenvalue weighted by molar-refractivity contribution is -0.117. The summed E-state index contributed by atoms with van der Waals surface area (Å²) in [5, 5.41) is 3.88. The molecule has 0 radical (unpaired) electrons. The molecule has 2 aromatic rings. The largest absolute Gasteiger partial charge is 0.361 e. The van der Waals surface area contributed by atoms with Crippen LogP contribution in [0.25, 0.3) is 0 Å². The number of carbonyl (C=O) groups is 1. The van der Waals surface area contributed by atoms with Crippen molar-refractivity contribution in [1.29, 1.82) is 0 Å². The van der Waals surface area contributed by atoms with E-state index >= 15 is 0 Å². The maximum Gasteiger partial charge on any atom is 0.231 e. The first-order valence-electron chi connectivity index (χ1n) is 6.51. The quantitative estimate of drug-likeness (QED) is 0.784. The number of anilines is 1. The number of hydrogen-bond acceptors (Lipinski definition) is 3. The summed E-state index contributed by atoms with van der Waals surface area (Å²) < 4.78 is 5.10. The number of aromatic nitrogens is 1. The Kier molecular flexibility index (Phi) is 4.35. The van der Waals surface area contributed by atoms with Gasteiger partial charge >= 0.3 is 0 Å². The van der Waals surface area contributed by atoms with E-state index in [0.717, 1.165) is 16.9 Å². The highest BCUT2D eigenvalue weighted by Gasteiger charge is 2.19. The van der Waals surface area contributed by atoms with E-state index in [2.05, 4.69) is 11.7 Å². The molecule has 0 fully saturated rings. The molecule has 0 saturated heterocycles. The smallest absolute Gasteiger partial charge is 0.231 e. The zero-order valence-corrected chi connectivity index (χ0v) is 11.8. The van der Waals surface area contributed by atoms with E-state index in [-0.39, 0.29) is 12.3 Å². The molecular formula is C16H18N2O2. The highest BCUT2D eigenvalue weighted by atomic mass is 16.5. The lowest BCUT2D eigenvalue weighted by Crippen LogP contribution is -2.32. The maximum absolute atomic E-state index is 12.5. The Labute approximate surface area is 118 Å². The molecule has 0 atom stereocenters. The van der Waals surface area contributed by atoms with Crippen molar-refractivity contribution in [1.82, 2.24) is 5.16 Å². The summed E-state index contributed by atoms with van der Waals surface area (Å²) in [5.41, 5.74) is 2.49. The zero-order chi connectivity index (χ0) is 14.5. The van der Waals surface area contributed by atoms with Crippen LogP contribution < -0.4 is 4.90 Å². The van der Waals surface area contributed by atoms with Gasteiger partial charge in [0.25, 0.3) is 0 Å². The average Bonchev–Trinajstić information content (AvgIpc) is 2.77. The summed E-state index contributed by atoms with van der Waals surface area (Å²) in [5.74, 6) is 0.702. The molecule has 0 spiro atoms. The molecule has 1 aromatic heterocycles. The standard InChI is InChI=1S/C16H18N2O2/c1-4-10-18(14-8-6-5-7-9-14)16(19)11-15-12(2)17-20-13(15)3/h4-9H,1,10-11H2,2-3H3. The molecule has 0 aliphatic rings. The Morgan fingerprint density at radius 2 is 2.05 bits per heavy atom. The van der Waals surface area contributed by atoms with Gasteiger partial charge in [0, 0.05) is 17.8 Å².